The van der Waals surface area contributed by atoms with Crippen LogP contribution in [0, 0.1) is 5.92 Å². The number of nitrogens with zero attached hydrogens (tertiary/aromatic N) is 2. The summed E-state index contributed by atoms with van der Waals surface area (Å²) >= 11 is 6.38. The molecule has 1 saturated heterocycles. The molecule has 0 aromatic heterocycles. The molecule has 2 aliphatic rings. The summed E-state index contributed by atoms with van der Waals surface area (Å²) in [6.45, 7) is 6.59. The fraction of sp³-hybridized carbons (Fsp3) is 0.667. The zero-order valence-corrected chi connectivity index (χ0v) is 16.2. The molecule has 3 nitrogen and oxygen atoms in total. The predicted molar refractivity (Wildman–Crippen MR) is 105 cm³/mol. The Morgan fingerprint density at radius 1 is 1.12 bits per heavy atom. The van der Waals surface area contributed by atoms with Gasteiger partial charge in [-0.3, -0.25) is 4.79 Å². The Balaban J connectivity index is 1.48. The SMILES string of the molecule is CCCCC1CCN(CCCN2C(=O)CCc3cccc(Cl)c32)CC1. The molecule has 2 aliphatic heterocycles. The van der Waals surface area contributed by atoms with Gasteiger partial charge in [0.1, 0.15) is 0 Å². The van der Waals surface area contributed by atoms with Crippen LogP contribution in [-0.2, 0) is 11.2 Å². The molecule has 1 fully saturated rings. The highest BCUT2D eigenvalue weighted by Crippen LogP contribution is 2.34. The van der Waals surface area contributed by atoms with Crippen molar-refractivity contribution in [1.82, 2.24) is 4.90 Å². The predicted octanol–water partition coefficient (Wildman–Crippen LogP) is 4.91. The fourth-order valence-electron chi connectivity index (χ4n) is 4.25. The third kappa shape index (κ3) is 4.77. The van der Waals surface area contributed by atoms with Gasteiger partial charge in [-0.25, -0.2) is 0 Å². The first-order chi connectivity index (χ1) is 12.2. The number of halogens is 1. The zero-order valence-electron chi connectivity index (χ0n) is 15.5. The number of hydrogen-bond acceptors (Lipinski definition) is 2. The standard InChI is InChI=1S/C21H31ClN2O/c1-2-3-6-17-11-15-23(16-12-17)13-5-14-24-20(25)10-9-18-7-4-8-19(22)21(18)24/h4,7-8,17H,2-3,5-6,9-16H2,1H3. The van der Waals surface area contributed by atoms with E-state index in [1.165, 1.54) is 50.8 Å². The number of rotatable bonds is 7. The molecular formula is C21H31ClN2O. The molecule has 1 aromatic carbocycles. The fourth-order valence-corrected chi connectivity index (χ4v) is 4.54. The Kier molecular flexibility index (Phi) is 6.77. The van der Waals surface area contributed by atoms with Crippen molar-refractivity contribution in [2.24, 2.45) is 5.92 Å². The van der Waals surface area contributed by atoms with Gasteiger partial charge in [0.2, 0.25) is 5.91 Å². The molecule has 0 spiro atoms. The van der Waals surface area contributed by atoms with Crippen LogP contribution >= 0.6 is 11.6 Å². The molecule has 1 amide bonds. The van der Waals surface area contributed by atoms with Gasteiger partial charge in [0.15, 0.2) is 0 Å². The average Bonchev–Trinajstić information content (AvgIpc) is 2.63. The number of para-hydroxylation sites is 1. The highest BCUT2D eigenvalue weighted by molar-refractivity contribution is 6.34. The first kappa shape index (κ1) is 18.7. The van der Waals surface area contributed by atoms with Gasteiger partial charge >= 0.3 is 0 Å². The van der Waals surface area contributed by atoms with Crippen molar-refractivity contribution in [3.63, 3.8) is 0 Å². The smallest absolute Gasteiger partial charge is 0.227 e. The van der Waals surface area contributed by atoms with E-state index in [0.717, 1.165) is 37.5 Å². The number of anilines is 1. The van der Waals surface area contributed by atoms with Gasteiger partial charge in [-0.15, -0.1) is 0 Å². The lowest BCUT2D eigenvalue weighted by atomic mass is 9.91. The quantitative estimate of drug-likeness (QED) is 0.687. The maximum absolute atomic E-state index is 12.4. The molecule has 138 valence electrons. The van der Waals surface area contributed by atoms with Crippen LogP contribution in [0.3, 0.4) is 0 Å². The van der Waals surface area contributed by atoms with E-state index in [9.17, 15) is 4.79 Å². The Labute approximate surface area is 157 Å². The largest absolute Gasteiger partial charge is 0.311 e. The molecular weight excluding hydrogens is 332 g/mol. The van der Waals surface area contributed by atoms with Crippen LogP contribution in [0.4, 0.5) is 5.69 Å². The molecule has 2 heterocycles. The zero-order chi connectivity index (χ0) is 17.6. The van der Waals surface area contributed by atoms with Crippen LogP contribution < -0.4 is 4.90 Å². The first-order valence-corrected chi connectivity index (χ1v) is 10.4. The lowest BCUT2D eigenvalue weighted by Crippen LogP contribution is -2.39. The van der Waals surface area contributed by atoms with Crippen LogP contribution in [-0.4, -0.2) is 37.0 Å². The minimum Gasteiger partial charge on any atom is -0.311 e. The number of fused-ring (bicyclic) bond motifs is 1. The van der Waals surface area contributed by atoms with Gasteiger partial charge in [0, 0.05) is 13.0 Å². The highest BCUT2D eigenvalue weighted by atomic mass is 35.5. The monoisotopic (exact) mass is 362 g/mol. The third-order valence-electron chi connectivity index (χ3n) is 5.78. The second kappa shape index (κ2) is 9.05. The number of piperidine rings is 1. The number of amides is 1. The number of carbonyl (C=O) groups excluding carboxylic acids is 1. The van der Waals surface area contributed by atoms with E-state index in [0.29, 0.717) is 11.4 Å². The third-order valence-corrected chi connectivity index (χ3v) is 6.08. The van der Waals surface area contributed by atoms with Gasteiger partial charge < -0.3 is 9.80 Å². The van der Waals surface area contributed by atoms with E-state index >= 15 is 0 Å². The second-order valence-electron chi connectivity index (χ2n) is 7.57. The molecule has 0 atom stereocenters. The lowest BCUT2D eigenvalue weighted by Gasteiger charge is -2.34. The Bertz CT molecular complexity index is 581. The van der Waals surface area contributed by atoms with Gasteiger partial charge in [-0.05, 0) is 62.9 Å². The maximum Gasteiger partial charge on any atom is 0.227 e. The summed E-state index contributed by atoms with van der Waals surface area (Å²) in [6.07, 6.45) is 9.23. The molecule has 0 bridgehead atoms. The Morgan fingerprint density at radius 2 is 1.92 bits per heavy atom. The van der Waals surface area contributed by atoms with Crippen molar-refractivity contribution < 1.29 is 4.79 Å². The number of benzene rings is 1. The number of hydrogen-bond donors (Lipinski definition) is 0. The molecule has 3 rings (SSSR count). The molecule has 4 heteroatoms. The summed E-state index contributed by atoms with van der Waals surface area (Å²) in [5, 5.41) is 0.710. The molecule has 0 radical (unpaired) electrons. The molecule has 1 aromatic rings. The van der Waals surface area contributed by atoms with Gasteiger partial charge in [0.25, 0.3) is 0 Å². The van der Waals surface area contributed by atoms with Crippen LogP contribution in [0.5, 0.6) is 0 Å². The Hall–Kier alpha value is -1.06. The number of unbranched alkanes of at least 4 members (excludes halogenated alkanes) is 1. The molecule has 0 saturated carbocycles. The summed E-state index contributed by atoms with van der Waals surface area (Å²) in [4.78, 5) is 16.9. The first-order valence-electron chi connectivity index (χ1n) is 9.99. The molecule has 0 unspecified atom stereocenters. The van der Waals surface area contributed by atoms with E-state index < -0.39 is 0 Å². The van der Waals surface area contributed by atoms with E-state index in [2.05, 4.69) is 17.9 Å². The van der Waals surface area contributed by atoms with Crippen LogP contribution in [0.15, 0.2) is 18.2 Å². The van der Waals surface area contributed by atoms with Gasteiger partial charge in [-0.1, -0.05) is 49.9 Å². The number of carbonyl (C=O) groups is 1. The lowest BCUT2D eigenvalue weighted by molar-refractivity contribution is -0.118. The summed E-state index contributed by atoms with van der Waals surface area (Å²) in [5.41, 5.74) is 2.17. The minimum absolute atomic E-state index is 0.221. The van der Waals surface area contributed by atoms with E-state index in [-0.39, 0.29) is 5.91 Å². The van der Waals surface area contributed by atoms with Crippen molar-refractivity contribution in [2.45, 2.75) is 58.3 Å². The van der Waals surface area contributed by atoms with E-state index in [1.54, 1.807) is 0 Å². The highest BCUT2D eigenvalue weighted by Gasteiger charge is 2.26. The van der Waals surface area contributed by atoms with Crippen LogP contribution in [0.2, 0.25) is 5.02 Å². The van der Waals surface area contributed by atoms with Gasteiger partial charge in [0.05, 0.1) is 10.7 Å². The van der Waals surface area contributed by atoms with Gasteiger partial charge in [-0.2, -0.15) is 0 Å². The summed E-state index contributed by atoms with van der Waals surface area (Å²) in [6, 6.07) is 5.98. The summed E-state index contributed by atoms with van der Waals surface area (Å²) in [7, 11) is 0. The van der Waals surface area contributed by atoms with Crippen LogP contribution in [0.25, 0.3) is 0 Å². The topological polar surface area (TPSA) is 23.6 Å². The summed E-state index contributed by atoms with van der Waals surface area (Å²) < 4.78 is 0. The van der Waals surface area contributed by atoms with Crippen molar-refractivity contribution in [1.29, 1.82) is 0 Å². The van der Waals surface area contributed by atoms with Crippen molar-refractivity contribution in [2.75, 3.05) is 31.1 Å². The maximum atomic E-state index is 12.4. The second-order valence-corrected chi connectivity index (χ2v) is 7.98. The molecule has 0 N–H and O–H groups in total. The van der Waals surface area contributed by atoms with E-state index in [1.807, 2.05) is 17.0 Å². The normalized spacial score (nSPS) is 19.3. The van der Waals surface area contributed by atoms with E-state index in [4.69, 9.17) is 11.6 Å². The van der Waals surface area contributed by atoms with Crippen LogP contribution in [0.1, 0.15) is 57.4 Å². The molecule has 25 heavy (non-hydrogen) atoms. The van der Waals surface area contributed by atoms with Crippen molar-refractivity contribution in [3.8, 4) is 0 Å². The minimum atomic E-state index is 0.221. The van der Waals surface area contributed by atoms with Crippen molar-refractivity contribution >= 4 is 23.2 Å². The van der Waals surface area contributed by atoms with Crippen molar-refractivity contribution in [3.05, 3.63) is 28.8 Å². The average molecular weight is 363 g/mol. The Morgan fingerprint density at radius 3 is 2.68 bits per heavy atom. The summed E-state index contributed by atoms with van der Waals surface area (Å²) in [5.74, 6) is 1.16. The number of aryl methyl sites for hydroxylation is 1. The number of likely N-dealkylation sites (tertiary alicyclic amines) is 1. The molecule has 0 aliphatic carbocycles.